The number of carbonyl (C=O) groups excluding carboxylic acids is 2. The number of hydrogen-bond donors (Lipinski definition) is 1. The predicted octanol–water partition coefficient (Wildman–Crippen LogP) is 4.30. The zero-order valence-electron chi connectivity index (χ0n) is 22.1. The summed E-state index contributed by atoms with van der Waals surface area (Å²) in [5.74, 6) is 0.167. The first-order chi connectivity index (χ1) is 17.6. The van der Waals surface area contributed by atoms with E-state index in [2.05, 4.69) is 32.7 Å². The molecule has 0 spiro atoms. The third-order valence-corrected chi connectivity index (χ3v) is 9.40. The zero-order valence-corrected chi connectivity index (χ0v) is 22.1. The van der Waals surface area contributed by atoms with Crippen LogP contribution in [0.2, 0.25) is 0 Å². The van der Waals surface area contributed by atoms with Crippen molar-refractivity contribution in [2.24, 2.45) is 17.3 Å². The molecule has 9 heteroatoms. The molecule has 1 aromatic carbocycles. The van der Waals surface area contributed by atoms with Crippen LogP contribution in [0, 0.1) is 23.1 Å². The monoisotopic (exact) mass is 512 g/mol. The molecule has 0 aromatic heterocycles. The summed E-state index contributed by atoms with van der Waals surface area (Å²) in [7, 11) is -0.594. The van der Waals surface area contributed by atoms with Gasteiger partial charge in [-0.25, -0.2) is 9.18 Å². The first kappa shape index (κ1) is 26.2. The summed E-state index contributed by atoms with van der Waals surface area (Å²) in [6.45, 7) is 11.3. The van der Waals surface area contributed by atoms with Gasteiger partial charge in [-0.1, -0.05) is 32.6 Å². The Morgan fingerprint density at radius 3 is 2.76 bits per heavy atom. The number of likely N-dealkylation sites (tertiary alicyclic amines) is 1. The fourth-order valence-electron chi connectivity index (χ4n) is 7.02. The molecule has 2 aliphatic heterocycles. The van der Waals surface area contributed by atoms with Crippen molar-refractivity contribution in [1.29, 1.82) is 0 Å². The van der Waals surface area contributed by atoms with Crippen LogP contribution in [0.5, 0.6) is 0 Å². The lowest BCUT2D eigenvalue weighted by Gasteiger charge is -2.64. The first-order valence-electron chi connectivity index (χ1n) is 13.6. The summed E-state index contributed by atoms with van der Waals surface area (Å²) in [6, 6.07) is 6.40. The Kier molecular flexibility index (Phi) is 7.13. The van der Waals surface area contributed by atoms with Crippen molar-refractivity contribution in [3.8, 4) is 0 Å². The second-order valence-corrected chi connectivity index (χ2v) is 11.9. The minimum atomic E-state index is -0.594. The van der Waals surface area contributed by atoms with Gasteiger partial charge in [0, 0.05) is 6.54 Å². The molecule has 6 rings (SSSR count). The van der Waals surface area contributed by atoms with Crippen LogP contribution in [0.25, 0.3) is 0 Å². The number of rotatable bonds is 7. The number of hydrogen-bond acceptors (Lipinski definition) is 5. The van der Waals surface area contributed by atoms with E-state index in [-0.39, 0.29) is 29.3 Å². The third-order valence-electron chi connectivity index (χ3n) is 9.40. The zero-order chi connectivity index (χ0) is 26.4. The molecule has 2 bridgehead atoms. The summed E-state index contributed by atoms with van der Waals surface area (Å²) in [6.07, 6.45) is 5.10. The van der Waals surface area contributed by atoms with Gasteiger partial charge < -0.3 is 24.3 Å². The molecule has 1 aromatic rings. The van der Waals surface area contributed by atoms with Crippen LogP contribution in [0.4, 0.5) is 9.18 Å². The molecular weight excluding hydrogens is 474 g/mol. The van der Waals surface area contributed by atoms with Crippen molar-refractivity contribution in [1.82, 2.24) is 10.2 Å². The number of halogens is 1. The van der Waals surface area contributed by atoms with E-state index in [1.807, 2.05) is 0 Å². The van der Waals surface area contributed by atoms with Crippen molar-refractivity contribution in [3.63, 3.8) is 0 Å². The Morgan fingerprint density at radius 2 is 2.05 bits per heavy atom. The summed E-state index contributed by atoms with van der Waals surface area (Å²) < 4.78 is 32.3. The number of piperidine rings is 1. The number of benzene rings is 1. The quantitative estimate of drug-likeness (QED) is 0.436. The summed E-state index contributed by atoms with van der Waals surface area (Å²) >= 11 is 0. The van der Waals surface area contributed by atoms with Gasteiger partial charge in [-0.2, -0.15) is 0 Å². The number of amides is 2. The second-order valence-electron chi connectivity index (χ2n) is 11.9. The first-order valence-corrected chi connectivity index (χ1v) is 13.6. The van der Waals surface area contributed by atoms with Gasteiger partial charge in [-0.3, -0.25) is 4.79 Å². The summed E-state index contributed by atoms with van der Waals surface area (Å²) in [5.41, 5.74) is 0.796. The van der Waals surface area contributed by atoms with Gasteiger partial charge in [-0.15, -0.1) is 0 Å². The van der Waals surface area contributed by atoms with Crippen LogP contribution in [0.3, 0.4) is 0 Å². The van der Waals surface area contributed by atoms with E-state index in [4.69, 9.17) is 14.0 Å². The molecule has 2 amide bonds. The van der Waals surface area contributed by atoms with Crippen LogP contribution < -0.4 is 5.32 Å². The molecule has 200 valence electrons. The van der Waals surface area contributed by atoms with E-state index < -0.39 is 24.8 Å². The van der Waals surface area contributed by atoms with Gasteiger partial charge >= 0.3 is 13.2 Å². The Labute approximate surface area is 219 Å². The highest BCUT2D eigenvalue weighted by Crippen LogP contribution is 2.65. The predicted molar refractivity (Wildman–Crippen MR) is 138 cm³/mol. The van der Waals surface area contributed by atoms with Crippen LogP contribution in [-0.2, 0) is 25.3 Å². The van der Waals surface area contributed by atoms with Crippen molar-refractivity contribution >= 4 is 19.1 Å². The van der Waals surface area contributed by atoms with Crippen LogP contribution in [0.1, 0.15) is 58.4 Å². The maximum absolute atomic E-state index is 13.4. The normalized spacial score (nSPS) is 32.6. The molecule has 1 N–H and O–H groups in total. The SMILES string of the molecule is C=CC(=O)N1CCC[C@H](OC(=O)N[C@@H](CCc2ccc(F)cc2)B2O[C@@H]3C[C@@H]4C[C@@H](C4(C)C)[C@]3(C)O2)C1. The molecule has 37 heavy (non-hydrogen) atoms. The molecule has 2 saturated heterocycles. The van der Waals surface area contributed by atoms with E-state index in [1.165, 1.54) is 18.2 Å². The smallest absolute Gasteiger partial charge is 0.444 e. The minimum absolute atomic E-state index is 0.00256. The van der Waals surface area contributed by atoms with Gasteiger partial charge in [0.15, 0.2) is 0 Å². The lowest BCUT2D eigenvalue weighted by molar-refractivity contribution is -0.199. The number of aryl methyl sites for hydroxylation is 1. The van der Waals surface area contributed by atoms with Crippen LogP contribution in [0.15, 0.2) is 36.9 Å². The molecule has 6 atom stereocenters. The van der Waals surface area contributed by atoms with E-state index in [1.54, 1.807) is 17.0 Å². The Morgan fingerprint density at radius 1 is 1.30 bits per heavy atom. The Balaban J connectivity index is 1.26. The van der Waals surface area contributed by atoms with Gasteiger partial charge in [0.05, 0.1) is 24.2 Å². The standard InChI is InChI=1S/C28H38BFN2O5/c1-5-25(33)32-14-6-7-21(17-32)35-26(34)31-24(13-10-18-8-11-20(30)12-9-18)29-36-23-16-19-15-22(27(19,2)3)28(23,4)37-29/h5,8-9,11-12,19,21-24H,1,6-7,10,13-17H2,2-4H3,(H,31,34)/t19-,21-,22-,23+,24-,28-/m0/s1. The molecule has 3 saturated carbocycles. The highest BCUT2D eigenvalue weighted by molar-refractivity contribution is 6.47. The number of nitrogens with one attached hydrogen (secondary N) is 1. The number of alkyl carbamates (subject to hydrolysis) is 1. The van der Waals surface area contributed by atoms with E-state index >= 15 is 0 Å². The molecule has 5 fully saturated rings. The Bertz CT molecular complexity index is 1040. The second kappa shape index (κ2) is 10.1. The fraction of sp³-hybridized carbons (Fsp3) is 0.643. The molecule has 2 heterocycles. The molecule has 3 aliphatic carbocycles. The maximum atomic E-state index is 13.4. The molecule has 7 nitrogen and oxygen atoms in total. The van der Waals surface area contributed by atoms with Crippen LogP contribution in [-0.4, -0.2) is 60.9 Å². The van der Waals surface area contributed by atoms with E-state index in [9.17, 15) is 14.0 Å². The van der Waals surface area contributed by atoms with E-state index in [0.717, 1.165) is 24.8 Å². The molecular formula is C28H38BFN2O5. The van der Waals surface area contributed by atoms with Crippen molar-refractivity contribution in [2.75, 3.05) is 13.1 Å². The van der Waals surface area contributed by atoms with Crippen LogP contribution >= 0.6 is 0 Å². The van der Waals surface area contributed by atoms with Gasteiger partial charge in [0.2, 0.25) is 5.91 Å². The highest BCUT2D eigenvalue weighted by atomic mass is 19.1. The summed E-state index contributed by atoms with van der Waals surface area (Å²) in [4.78, 5) is 26.7. The molecule has 0 unspecified atom stereocenters. The highest BCUT2D eigenvalue weighted by Gasteiger charge is 2.68. The topological polar surface area (TPSA) is 77.1 Å². The lowest BCUT2D eigenvalue weighted by Crippen LogP contribution is -2.65. The lowest BCUT2D eigenvalue weighted by atomic mass is 9.43. The summed E-state index contributed by atoms with van der Waals surface area (Å²) in [5, 5.41) is 3.01. The van der Waals surface area contributed by atoms with Crippen molar-refractivity contribution in [2.45, 2.75) is 83.0 Å². The third kappa shape index (κ3) is 5.04. The average molecular weight is 512 g/mol. The van der Waals surface area contributed by atoms with Gasteiger partial charge in [0.25, 0.3) is 0 Å². The number of carbonyl (C=O) groups is 2. The Hall–Kier alpha value is -2.39. The number of ether oxygens (including phenoxy) is 1. The van der Waals surface area contributed by atoms with Crippen molar-refractivity contribution in [3.05, 3.63) is 48.3 Å². The van der Waals surface area contributed by atoms with E-state index in [0.29, 0.717) is 44.2 Å². The van der Waals surface area contributed by atoms with Crippen molar-refractivity contribution < 1.29 is 28.0 Å². The number of nitrogens with zero attached hydrogens (tertiary/aromatic N) is 1. The molecule has 5 aliphatic rings. The van der Waals surface area contributed by atoms with Gasteiger partial charge in [-0.05, 0) is 86.5 Å². The minimum Gasteiger partial charge on any atom is -0.444 e. The van der Waals surface area contributed by atoms with Gasteiger partial charge in [0.1, 0.15) is 11.9 Å². The average Bonchev–Trinajstić information content (AvgIpc) is 3.24. The maximum Gasteiger partial charge on any atom is 0.481 e. The molecule has 0 radical (unpaired) electrons. The fourth-order valence-corrected chi connectivity index (χ4v) is 7.02. The largest absolute Gasteiger partial charge is 0.481 e.